The van der Waals surface area contributed by atoms with Crippen LogP contribution in [-0.2, 0) is 0 Å². The second-order valence-corrected chi connectivity index (χ2v) is 4.22. The highest BCUT2D eigenvalue weighted by Gasteiger charge is 2.13. The number of aliphatic hydroxyl groups is 1. The van der Waals surface area contributed by atoms with Gasteiger partial charge >= 0.3 is 0 Å². The van der Waals surface area contributed by atoms with Crippen molar-refractivity contribution < 1.29 is 9.90 Å². The fraction of sp³-hybridized carbons (Fsp3) is 0.455. The predicted molar refractivity (Wildman–Crippen MR) is 66.5 cm³/mol. The zero-order chi connectivity index (χ0) is 13.0. The van der Waals surface area contributed by atoms with Gasteiger partial charge in [-0.05, 0) is 12.0 Å². The lowest BCUT2D eigenvalue weighted by Gasteiger charge is -2.16. The molecule has 1 rings (SSSR count). The Morgan fingerprint density at radius 3 is 2.76 bits per heavy atom. The normalized spacial score (nSPS) is 12.5. The first kappa shape index (κ1) is 13.2. The zero-order valence-corrected chi connectivity index (χ0v) is 9.97. The molecule has 1 heterocycles. The molecule has 0 bridgehead atoms. The highest BCUT2D eigenvalue weighted by atomic mass is 16.3. The third kappa shape index (κ3) is 3.60. The third-order valence-electron chi connectivity index (χ3n) is 2.42. The van der Waals surface area contributed by atoms with Gasteiger partial charge in [-0.25, -0.2) is 4.98 Å². The number of amides is 1. The van der Waals surface area contributed by atoms with Crippen LogP contribution in [0, 0.1) is 5.92 Å². The molecule has 6 N–H and O–H groups in total. The number of aromatic nitrogens is 1. The first-order valence-electron chi connectivity index (χ1n) is 5.39. The summed E-state index contributed by atoms with van der Waals surface area (Å²) >= 11 is 0. The first-order chi connectivity index (χ1) is 7.91. The number of hydrogen-bond acceptors (Lipinski definition) is 5. The molecule has 94 valence electrons. The van der Waals surface area contributed by atoms with E-state index in [-0.39, 0.29) is 11.5 Å². The Balaban J connectivity index is 2.80. The van der Waals surface area contributed by atoms with Gasteiger partial charge in [-0.15, -0.1) is 0 Å². The largest absolute Gasteiger partial charge is 0.397 e. The molecule has 6 nitrogen and oxygen atoms in total. The molecule has 17 heavy (non-hydrogen) atoms. The van der Waals surface area contributed by atoms with E-state index in [1.54, 1.807) is 0 Å². The molecule has 0 spiro atoms. The molecule has 0 saturated heterocycles. The smallest absolute Gasteiger partial charge is 0.252 e. The van der Waals surface area contributed by atoms with Crippen LogP contribution in [0.25, 0.3) is 0 Å². The number of hydrogen-bond donors (Lipinski definition) is 4. The van der Waals surface area contributed by atoms with Crippen molar-refractivity contribution >= 4 is 17.4 Å². The highest BCUT2D eigenvalue weighted by molar-refractivity contribution is 5.98. The van der Waals surface area contributed by atoms with Crippen LogP contribution in [0.1, 0.15) is 24.2 Å². The summed E-state index contributed by atoms with van der Waals surface area (Å²) < 4.78 is 0. The Hall–Kier alpha value is -1.82. The van der Waals surface area contributed by atoms with Crippen LogP contribution < -0.4 is 16.8 Å². The van der Waals surface area contributed by atoms with Gasteiger partial charge in [-0.1, -0.05) is 13.8 Å². The van der Waals surface area contributed by atoms with Crippen LogP contribution >= 0.6 is 0 Å². The summed E-state index contributed by atoms with van der Waals surface area (Å²) in [6, 6.07) is 1.46. The van der Waals surface area contributed by atoms with Crippen LogP contribution in [0.5, 0.6) is 0 Å². The van der Waals surface area contributed by atoms with Gasteiger partial charge in [0.25, 0.3) is 5.91 Å². The number of nitrogens with one attached hydrogen (secondary N) is 1. The van der Waals surface area contributed by atoms with Crippen molar-refractivity contribution in [2.45, 2.75) is 20.0 Å². The number of rotatable bonds is 5. The van der Waals surface area contributed by atoms with Crippen LogP contribution in [0.15, 0.2) is 12.3 Å². The number of nitrogen functional groups attached to an aromatic ring is 1. The van der Waals surface area contributed by atoms with E-state index in [1.165, 1.54) is 12.3 Å². The molecule has 1 amide bonds. The standard InChI is InChI=1S/C11H18N4O2/c1-6(2)9(16)5-15-11-8(10(13)17)3-7(12)4-14-11/h3-4,6,9,16H,5,12H2,1-2H3,(H2,13,17)(H,14,15). The van der Waals surface area contributed by atoms with E-state index >= 15 is 0 Å². The molecule has 1 aromatic heterocycles. The van der Waals surface area contributed by atoms with E-state index in [1.807, 2.05) is 13.8 Å². The van der Waals surface area contributed by atoms with Gasteiger partial charge in [0, 0.05) is 6.54 Å². The lowest BCUT2D eigenvalue weighted by molar-refractivity contribution is 0.1000. The Bertz CT molecular complexity index is 406. The van der Waals surface area contributed by atoms with E-state index in [9.17, 15) is 9.90 Å². The summed E-state index contributed by atoms with van der Waals surface area (Å²) in [7, 11) is 0. The van der Waals surface area contributed by atoms with Crippen molar-refractivity contribution in [3.05, 3.63) is 17.8 Å². The van der Waals surface area contributed by atoms with E-state index in [2.05, 4.69) is 10.3 Å². The minimum Gasteiger partial charge on any atom is -0.397 e. The van der Waals surface area contributed by atoms with Gasteiger partial charge in [-0.3, -0.25) is 4.79 Å². The monoisotopic (exact) mass is 238 g/mol. The van der Waals surface area contributed by atoms with Crippen molar-refractivity contribution in [2.24, 2.45) is 11.7 Å². The maximum atomic E-state index is 11.2. The summed E-state index contributed by atoms with van der Waals surface area (Å²) in [5, 5.41) is 12.5. The van der Waals surface area contributed by atoms with E-state index < -0.39 is 12.0 Å². The molecule has 0 saturated carbocycles. The number of carbonyl (C=O) groups excluding carboxylic acids is 1. The summed E-state index contributed by atoms with van der Waals surface area (Å²) in [5.74, 6) is -0.147. The number of aliphatic hydroxyl groups excluding tert-OH is 1. The Morgan fingerprint density at radius 2 is 2.24 bits per heavy atom. The SMILES string of the molecule is CC(C)C(O)CNc1ncc(N)cc1C(N)=O. The highest BCUT2D eigenvalue weighted by Crippen LogP contribution is 2.15. The molecule has 1 atom stereocenters. The van der Waals surface area contributed by atoms with Crippen LogP contribution in [0.2, 0.25) is 0 Å². The van der Waals surface area contributed by atoms with Crippen LogP contribution in [0.4, 0.5) is 11.5 Å². The lowest BCUT2D eigenvalue weighted by atomic mass is 10.1. The minimum absolute atomic E-state index is 0.119. The summed E-state index contributed by atoms with van der Waals surface area (Å²) in [5.41, 5.74) is 11.3. The predicted octanol–water partition coefficient (Wildman–Crippen LogP) is 0.192. The summed E-state index contributed by atoms with van der Waals surface area (Å²) in [6.07, 6.45) is 0.909. The number of pyridine rings is 1. The van der Waals surface area contributed by atoms with Gasteiger partial charge in [0.05, 0.1) is 23.6 Å². The maximum Gasteiger partial charge on any atom is 0.252 e. The number of anilines is 2. The topological polar surface area (TPSA) is 114 Å². The number of nitrogens with two attached hydrogens (primary N) is 2. The number of nitrogens with zero attached hydrogens (tertiary/aromatic N) is 1. The van der Waals surface area contributed by atoms with Gasteiger partial charge < -0.3 is 21.9 Å². The lowest BCUT2D eigenvalue weighted by Crippen LogP contribution is -2.26. The van der Waals surface area contributed by atoms with E-state index in [0.29, 0.717) is 18.1 Å². The summed E-state index contributed by atoms with van der Waals surface area (Å²) in [4.78, 5) is 15.2. The molecule has 0 fully saturated rings. The van der Waals surface area contributed by atoms with E-state index in [4.69, 9.17) is 11.5 Å². The molecular weight excluding hydrogens is 220 g/mol. The molecule has 0 aliphatic carbocycles. The summed E-state index contributed by atoms with van der Waals surface area (Å²) in [6.45, 7) is 4.10. The van der Waals surface area contributed by atoms with Gasteiger partial charge in [0.15, 0.2) is 0 Å². The molecule has 0 radical (unpaired) electrons. The molecule has 1 aromatic rings. The molecule has 6 heteroatoms. The quantitative estimate of drug-likeness (QED) is 0.584. The Kier molecular flexibility index (Phi) is 4.28. The molecule has 0 aromatic carbocycles. The van der Waals surface area contributed by atoms with Gasteiger partial charge in [0.2, 0.25) is 0 Å². The van der Waals surface area contributed by atoms with Crippen LogP contribution in [0.3, 0.4) is 0 Å². The molecule has 0 aliphatic rings. The van der Waals surface area contributed by atoms with E-state index in [0.717, 1.165) is 0 Å². The maximum absolute atomic E-state index is 11.2. The van der Waals surface area contributed by atoms with Crippen LogP contribution in [-0.4, -0.2) is 28.6 Å². The number of primary amides is 1. The average molecular weight is 238 g/mol. The third-order valence-corrected chi connectivity index (χ3v) is 2.42. The Labute approximate surface area is 100 Å². The van der Waals surface area contributed by atoms with Gasteiger partial charge in [-0.2, -0.15) is 0 Å². The fourth-order valence-corrected chi connectivity index (χ4v) is 1.25. The first-order valence-corrected chi connectivity index (χ1v) is 5.39. The molecular formula is C11H18N4O2. The molecule has 1 unspecified atom stereocenters. The average Bonchev–Trinajstić information content (AvgIpc) is 2.26. The van der Waals surface area contributed by atoms with Crippen molar-refractivity contribution in [1.82, 2.24) is 4.98 Å². The van der Waals surface area contributed by atoms with Crippen molar-refractivity contribution in [1.29, 1.82) is 0 Å². The van der Waals surface area contributed by atoms with Crippen molar-refractivity contribution in [2.75, 3.05) is 17.6 Å². The number of carbonyl (C=O) groups is 1. The molecule has 0 aliphatic heterocycles. The Morgan fingerprint density at radius 1 is 1.59 bits per heavy atom. The second kappa shape index (κ2) is 5.49. The second-order valence-electron chi connectivity index (χ2n) is 4.22. The fourth-order valence-electron chi connectivity index (χ4n) is 1.25. The van der Waals surface area contributed by atoms with Crippen molar-refractivity contribution in [3.8, 4) is 0 Å². The zero-order valence-electron chi connectivity index (χ0n) is 9.97. The van der Waals surface area contributed by atoms with Gasteiger partial charge in [0.1, 0.15) is 5.82 Å². The minimum atomic E-state index is -0.605. The van der Waals surface area contributed by atoms with Crippen molar-refractivity contribution in [3.63, 3.8) is 0 Å².